The predicted octanol–water partition coefficient (Wildman–Crippen LogP) is -0.494. The molecule has 0 saturated carbocycles. The second kappa shape index (κ2) is 9.15. The summed E-state index contributed by atoms with van der Waals surface area (Å²) in [6.07, 6.45) is 1.86. The van der Waals surface area contributed by atoms with Gasteiger partial charge >= 0.3 is 5.97 Å². The normalized spacial score (nSPS) is 20.2. The topological polar surface area (TPSA) is 164 Å². The second-order valence-corrected chi connectivity index (χ2v) is 9.06. The van der Waals surface area contributed by atoms with Gasteiger partial charge in [-0.2, -0.15) is 13.9 Å². The van der Waals surface area contributed by atoms with Crippen molar-refractivity contribution in [3.63, 3.8) is 0 Å². The number of aliphatic carboxylic acids is 1. The quantitative estimate of drug-likeness (QED) is 0.201. The minimum Gasteiger partial charge on any atom is -0.477 e. The van der Waals surface area contributed by atoms with Crippen molar-refractivity contribution in [3.05, 3.63) is 47.2 Å². The van der Waals surface area contributed by atoms with E-state index in [-0.39, 0.29) is 22.4 Å². The lowest BCUT2D eigenvalue weighted by molar-refractivity contribution is -0.695. The molecule has 33 heavy (non-hydrogen) atoms. The van der Waals surface area contributed by atoms with Crippen LogP contribution in [0.15, 0.2) is 40.8 Å². The van der Waals surface area contributed by atoms with Gasteiger partial charge in [0.2, 0.25) is 11.5 Å². The number of anilines is 1. The van der Waals surface area contributed by atoms with Gasteiger partial charge in [0.15, 0.2) is 23.6 Å². The minimum atomic E-state index is -1.19. The number of hydrogen-bond acceptors (Lipinski definition) is 10. The number of β-lactam (4-membered cyclic amide) rings is 1. The highest BCUT2D eigenvalue weighted by atomic mass is 32.2. The summed E-state index contributed by atoms with van der Waals surface area (Å²) in [4.78, 5) is 47.6. The molecule has 0 bridgehead atoms. The van der Waals surface area contributed by atoms with Crippen LogP contribution in [0.2, 0.25) is 0 Å². The van der Waals surface area contributed by atoms with Gasteiger partial charge in [0.1, 0.15) is 24.2 Å². The van der Waals surface area contributed by atoms with E-state index < -0.39 is 29.2 Å². The van der Waals surface area contributed by atoms with Gasteiger partial charge in [0.05, 0.1) is 0 Å². The van der Waals surface area contributed by atoms with E-state index in [1.807, 2.05) is 35.9 Å². The van der Waals surface area contributed by atoms with Crippen LogP contribution in [-0.4, -0.2) is 67.1 Å². The molecular weight excluding hydrogens is 470 g/mol. The Labute approximate surface area is 196 Å². The highest BCUT2D eigenvalue weighted by Crippen LogP contribution is 2.40. The fraction of sp³-hybridized carbons (Fsp3) is 0.316. The monoisotopic (exact) mass is 490 g/mol. The van der Waals surface area contributed by atoms with E-state index in [1.54, 1.807) is 0 Å². The molecule has 4 N–H and O–H groups in total. The van der Waals surface area contributed by atoms with Crippen LogP contribution in [-0.2, 0) is 25.8 Å². The summed E-state index contributed by atoms with van der Waals surface area (Å²) in [5.74, 6) is -2.07. The van der Waals surface area contributed by atoms with Crippen molar-refractivity contribution in [2.45, 2.75) is 24.9 Å². The molecule has 4 heterocycles. The van der Waals surface area contributed by atoms with Gasteiger partial charge in [-0.25, -0.2) is 4.79 Å². The van der Waals surface area contributed by atoms with Gasteiger partial charge in [-0.3, -0.25) is 14.5 Å². The van der Waals surface area contributed by atoms with Crippen LogP contribution >= 0.6 is 23.3 Å². The summed E-state index contributed by atoms with van der Waals surface area (Å²) in [6, 6.07) is 4.75. The molecule has 2 aromatic heterocycles. The second-order valence-electron chi connectivity index (χ2n) is 7.17. The van der Waals surface area contributed by atoms with Crippen molar-refractivity contribution in [2.75, 3.05) is 18.6 Å². The first kappa shape index (κ1) is 22.7. The summed E-state index contributed by atoms with van der Waals surface area (Å²) < 4.78 is 5.86. The number of rotatable bonds is 7. The first-order chi connectivity index (χ1) is 15.8. The van der Waals surface area contributed by atoms with Crippen LogP contribution in [0.5, 0.6) is 0 Å². The lowest BCUT2D eigenvalue weighted by Crippen LogP contribution is -2.71. The molecule has 12 nitrogen and oxygen atoms in total. The molecule has 2 atom stereocenters. The number of thioether (sulfide) groups is 1. The van der Waals surface area contributed by atoms with Gasteiger partial charge < -0.3 is 21.0 Å². The number of hydrogen-bond donors (Lipinski definition) is 3. The number of carboxylic acids is 1. The SMILES string of the molecule is CON=C(C(=O)NC1C(=O)N2C(C(=O)O)=C(C[n+]3ccccc3C)CS[C@H]12)c1nsc(N)n1. The van der Waals surface area contributed by atoms with E-state index in [2.05, 4.69) is 19.8 Å². The number of oxime groups is 1. The van der Waals surface area contributed by atoms with Crippen LogP contribution in [0.1, 0.15) is 11.5 Å². The fourth-order valence-electron chi connectivity index (χ4n) is 3.57. The maximum absolute atomic E-state index is 12.9. The third kappa shape index (κ3) is 4.26. The number of nitrogen functional groups attached to an aromatic ring is 1. The molecule has 0 aliphatic carbocycles. The van der Waals surface area contributed by atoms with Crippen LogP contribution in [0, 0.1) is 6.92 Å². The number of nitrogens with two attached hydrogens (primary N) is 1. The van der Waals surface area contributed by atoms with Gasteiger partial charge in [-0.05, 0) is 0 Å². The van der Waals surface area contributed by atoms with Crippen molar-refractivity contribution in [1.29, 1.82) is 0 Å². The average molecular weight is 491 g/mol. The average Bonchev–Trinajstić information content (AvgIpc) is 3.22. The summed E-state index contributed by atoms with van der Waals surface area (Å²) in [6.45, 7) is 2.26. The number of fused-ring (bicyclic) bond motifs is 1. The van der Waals surface area contributed by atoms with Crippen molar-refractivity contribution in [2.24, 2.45) is 5.16 Å². The molecule has 0 radical (unpaired) electrons. The molecule has 4 rings (SSSR count). The van der Waals surface area contributed by atoms with Gasteiger partial charge in [0, 0.05) is 41.9 Å². The molecule has 0 aromatic carbocycles. The van der Waals surface area contributed by atoms with Gasteiger partial charge in [0.25, 0.3) is 11.8 Å². The highest BCUT2D eigenvalue weighted by molar-refractivity contribution is 8.00. The lowest BCUT2D eigenvalue weighted by Gasteiger charge is -2.49. The van der Waals surface area contributed by atoms with Crippen LogP contribution in [0.25, 0.3) is 0 Å². The zero-order valence-corrected chi connectivity index (χ0v) is 19.2. The van der Waals surface area contributed by atoms with Crippen LogP contribution in [0.4, 0.5) is 5.13 Å². The van der Waals surface area contributed by atoms with E-state index in [1.165, 1.54) is 23.8 Å². The zero-order chi connectivity index (χ0) is 23.7. The Bertz CT molecular complexity index is 1190. The molecular formula is C19H20N7O5S2+. The Morgan fingerprint density at radius 3 is 2.88 bits per heavy atom. The summed E-state index contributed by atoms with van der Waals surface area (Å²) in [5.41, 5.74) is 6.87. The van der Waals surface area contributed by atoms with Crippen molar-refractivity contribution in [3.8, 4) is 0 Å². The summed E-state index contributed by atoms with van der Waals surface area (Å²) in [5, 5.41) is 15.7. The fourth-order valence-corrected chi connectivity index (χ4v) is 5.34. The number of carbonyl (C=O) groups excluding carboxylic acids is 2. The number of aryl methyl sites for hydroxylation is 1. The Hall–Kier alpha value is -3.52. The van der Waals surface area contributed by atoms with Gasteiger partial charge in [-0.15, -0.1) is 11.8 Å². The van der Waals surface area contributed by atoms with E-state index in [9.17, 15) is 19.5 Å². The smallest absolute Gasteiger partial charge is 0.352 e. The van der Waals surface area contributed by atoms with E-state index in [4.69, 9.17) is 10.6 Å². The van der Waals surface area contributed by atoms with E-state index >= 15 is 0 Å². The number of aromatic nitrogens is 3. The molecule has 2 aliphatic rings. The number of carbonyl (C=O) groups is 3. The zero-order valence-electron chi connectivity index (χ0n) is 17.6. The van der Waals surface area contributed by atoms with Crippen molar-refractivity contribution < 1.29 is 28.9 Å². The first-order valence-electron chi connectivity index (χ1n) is 9.68. The Morgan fingerprint density at radius 1 is 1.45 bits per heavy atom. The number of pyridine rings is 1. The molecule has 1 unspecified atom stereocenters. The maximum Gasteiger partial charge on any atom is 0.352 e. The maximum atomic E-state index is 12.9. The number of carboxylic acid groups (broad SMARTS) is 1. The van der Waals surface area contributed by atoms with Crippen LogP contribution in [0.3, 0.4) is 0 Å². The summed E-state index contributed by atoms with van der Waals surface area (Å²) >= 11 is 2.27. The Balaban J connectivity index is 1.54. The largest absolute Gasteiger partial charge is 0.477 e. The number of nitrogens with zero attached hydrogens (tertiary/aromatic N) is 5. The minimum absolute atomic E-state index is 0.0274. The third-order valence-electron chi connectivity index (χ3n) is 5.12. The standard InChI is InChI=1S/C19H19N7O5S2/c1-9-5-3-4-6-25(9)7-10-8-32-17-12(16(28)26(17)13(10)18(29)30)21-15(27)11(23-31-2)14-22-19(20)33-24-14/h3-6,12,17H,7-8H2,1-2H3,(H3-,20,21,22,24,27,29,30)/p+1/t12?,17-/m1/s1. The van der Waals surface area contributed by atoms with E-state index in [0.29, 0.717) is 17.9 Å². The molecule has 2 aliphatic heterocycles. The predicted molar refractivity (Wildman–Crippen MR) is 119 cm³/mol. The van der Waals surface area contributed by atoms with Crippen molar-refractivity contribution in [1.82, 2.24) is 19.6 Å². The molecule has 14 heteroatoms. The first-order valence-corrected chi connectivity index (χ1v) is 11.5. The molecule has 2 amide bonds. The van der Waals surface area contributed by atoms with Crippen LogP contribution < -0.4 is 15.6 Å². The number of nitrogens with one attached hydrogen (secondary N) is 1. The molecule has 172 valence electrons. The number of amides is 2. The van der Waals surface area contributed by atoms with Gasteiger partial charge in [-0.1, -0.05) is 11.2 Å². The molecule has 1 fully saturated rings. The van der Waals surface area contributed by atoms with E-state index in [0.717, 1.165) is 17.2 Å². The molecule has 2 aromatic rings. The molecule has 1 saturated heterocycles. The Kier molecular flexibility index (Phi) is 6.29. The lowest BCUT2D eigenvalue weighted by atomic mass is 10.0. The highest BCUT2D eigenvalue weighted by Gasteiger charge is 2.54. The third-order valence-corrected chi connectivity index (χ3v) is 7.00. The van der Waals surface area contributed by atoms with Crippen molar-refractivity contribution >= 4 is 51.9 Å². The Morgan fingerprint density at radius 2 is 2.24 bits per heavy atom. The summed E-state index contributed by atoms with van der Waals surface area (Å²) in [7, 11) is 1.26. The molecule has 0 spiro atoms.